The van der Waals surface area contributed by atoms with Gasteiger partial charge in [-0.2, -0.15) is 0 Å². The van der Waals surface area contributed by atoms with Crippen LogP contribution >= 0.6 is 0 Å². The molecule has 0 heteroatoms. The van der Waals surface area contributed by atoms with E-state index in [1.54, 1.807) is 0 Å². The second-order valence-corrected chi connectivity index (χ2v) is 3.94. The van der Waals surface area contributed by atoms with Crippen LogP contribution in [0.4, 0.5) is 0 Å². The lowest BCUT2D eigenvalue weighted by Gasteiger charge is -2.20. The lowest BCUT2D eigenvalue weighted by molar-refractivity contribution is 0.355. The Hall–Kier alpha value is 0. The number of rotatable bonds is 2. The van der Waals surface area contributed by atoms with Gasteiger partial charge in [-0.25, -0.2) is 0 Å². The van der Waals surface area contributed by atoms with Crippen LogP contribution in [0.25, 0.3) is 0 Å². The zero-order chi connectivity index (χ0) is 8.10. The van der Waals surface area contributed by atoms with Crippen LogP contribution in [0, 0.1) is 18.3 Å². The summed E-state index contributed by atoms with van der Waals surface area (Å²) in [7, 11) is 0. The summed E-state index contributed by atoms with van der Waals surface area (Å²) in [6.45, 7) is 4.57. The van der Waals surface area contributed by atoms with E-state index in [-0.39, 0.29) is 0 Å². The van der Waals surface area contributed by atoms with Crippen molar-refractivity contribution in [3.05, 3.63) is 6.42 Å². The van der Waals surface area contributed by atoms with Crippen LogP contribution < -0.4 is 0 Å². The van der Waals surface area contributed by atoms with Crippen molar-refractivity contribution in [1.82, 2.24) is 0 Å². The van der Waals surface area contributed by atoms with E-state index < -0.39 is 0 Å². The van der Waals surface area contributed by atoms with E-state index in [4.69, 9.17) is 0 Å². The second-order valence-electron chi connectivity index (χ2n) is 3.94. The molecule has 0 aromatic heterocycles. The molecule has 0 nitrogen and oxygen atoms in total. The topological polar surface area (TPSA) is 0 Å². The highest BCUT2D eigenvalue weighted by Crippen LogP contribution is 2.29. The third-order valence-corrected chi connectivity index (χ3v) is 3.17. The molecular formula is C11H21. The highest BCUT2D eigenvalue weighted by atomic mass is 14.2. The average Bonchev–Trinajstić information content (AvgIpc) is 2.30. The predicted molar refractivity (Wildman–Crippen MR) is 50.3 cm³/mol. The molecular weight excluding hydrogens is 132 g/mol. The van der Waals surface area contributed by atoms with E-state index in [2.05, 4.69) is 20.3 Å². The number of hydrogen-bond acceptors (Lipinski definition) is 0. The fourth-order valence-corrected chi connectivity index (χ4v) is 2.11. The van der Waals surface area contributed by atoms with Crippen molar-refractivity contribution in [1.29, 1.82) is 0 Å². The van der Waals surface area contributed by atoms with E-state index >= 15 is 0 Å². The van der Waals surface area contributed by atoms with E-state index in [0.717, 1.165) is 11.8 Å². The molecule has 0 aromatic carbocycles. The summed E-state index contributed by atoms with van der Waals surface area (Å²) in [5.41, 5.74) is 0. The molecule has 0 heterocycles. The largest absolute Gasteiger partial charge is 0.0620 e. The monoisotopic (exact) mass is 153 g/mol. The van der Waals surface area contributed by atoms with Gasteiger partial charge in [-0.3, -0.25) is 0 Å². The maximum atomic E-state index is 2.37. The summed E-state index contributed by atoms with van der Waals surface area (Å²) >= 11 is 0. The van der Waals surface area contributed by atoms with Gasteiger partial charge in [0, 0.05) is 0 Å². The van der Waals surface area contributed by atoms with Gasteiger partial charge in [-0.05, 0) is 18.3 Å². The molecule has 0 amide bonds. The Kier molecular flexibility index (Phi) is 3.96. The summed E-state index contributed by atoms with van der Waals surface area (Å²) < 4.78 is 0. The lowest BCUT2D eigenvalue weighted by atomic mass is 9.86. The van der Waals surface area contributed by atoms with Gasteiger partial charge in [0.25, 0.3) is 0 Å². The van der Waals surface area contributed by atoms with Gasteiger partial charge < -0.3 is 0 Å². The van der Waals surface area contributed by atoms with Crippen molar-refractivity contribution in [3.63, 3.8) is 0 Å². The first kappa shape index (κ1) is 9.09. The molecule has 0 aliphatic heterocycles. The fourth-order valence-electron chi connectivity index (χ4n) is 2.11. The van der Waals surface area contributed by atoms with Crippen molar-refractivity contribution in [2.45, 2.75) is 52.4 Å². The van der Waals surface area contributed by atoms with Crippen molar-refractivity contribution in [2.24, 2.45) is 11.8 Å². The minimum atomic E-state index is 0.855. The molecule has 0 bridgehead atoms. The lowest BCUT2D eigenvalue weighted by Crippen LogP contribution is -2.09. The van der Waals surface area contributed by atoms with E-state index in [0.29, 0.717) is 0 Å². The van der Waals surface area contributed by atoms with Gasteiger partial charge in [-0.15, -0.1) is 0 Å². The van der Waals surface area contributed by atoms with Crippen molar-refractivity contribution < 1.29 is 0 Å². The van der Waals surface area contributed by atoms with Crippen molar-refractivity contribution >= 4 is 0 Å². The molecule has 0 N–H and O–H groups in total. The smallest absolute Gasteiger partial charge is 0.0386 e. The van der Waals surface area contributed by atoms with Crippen molar-refractivity contribution in [2.75, 3.05) is 0 Å². The highest BCUT2D eigenvalue weighted by Gasteiger charge is 2.16. The first-order chi connectivity index (χ1) is 5.34. The summed E-state index contributed by atoms with van der Waals surface area (Å²) in [4.78, 5) is 0. The van der Waals surface area contributed by atoms with Gasteiger partial charge in [-0.1, -0.05) is 52.4 Å². The third kappa shape index (κ3) is 2.84. The Morgan fingerprint density at radius 1 is 1.09 bits per heavy atom. The van der Waals surface area contributed by atoms with E-state index in [1.165, 1.54) is 38.5 Å². The fraction of sp³-hybridized carbons (Fsp3) is 0.909. The molecule has 11 heavy (non-hydrogen) atoms. The molecule has 1 unspecified atom stereocenters. The van der Waals surface area contributed by atoms with Crippen LogP contribution in [0.3, 0.4) is 0 Å². The minimum absolute atomic E-state index is 0.855. The molecule has 0 aromatic rings. The summed E-state index contributed by atoms with van der Waals surface area (Å²) in [5.74, 6) is 1.86. The Morgan fingerprint density at radius 3 is 2.09 bits per heavy atom. The molecule has 1 radical (unpaired) electrons. The minimum Gasteiger partial charge on any atom is -0.0620 e. The first-order valence-corrected chi connectivity index (χ1v) is 5.14. The molecule has 1 saturated carbocycles. The molecule has 65 valence electrons. The third-order valence-electron chi connectivity index (χ3n) is 3.17. The van der Waals surface area contributed by atoms with Gasteiger partial charge in [0.1, 0.15) is 0 Å². The van der Waals surface area contributed by atoms with Crippen LogP contribution in [0.2, 0.25) is 0 Å². The molecule has 1 aliphatic rings. The quantitative estimate of drug-likeness (QED) is 0.529. The second kappa shape index (κ2) is 4.79. The normalized spacial score (nSPS) is 24.5. The van der Waals surface area contributed by atoms with Crippen molar-refractivity contribution in [3.8, 4) is 0 Å². The first-order valence-electron chi connectivity index (χ1n) is 5.14. The Morgan fingerprint density at radius 2 is 1.64 bits per heavy atom. The summed E-state index contributed by atoms with van der Waals surface area (Å²) in [6, 6.07) is 0. The molecule has 1 rings (SSSR count). The molecule has 0 spiro atoms. The van der Waals surface area contributed by atoms with Gasteiger partial charge in [0.15, 0.2) is 0 Å². The van der Waals surface area contributed by atoms with Gasteiger partial charge >= 0.3 is 0 Å². The molecule has 1 fully saturated rings. The van der Waals surface area contributed by atoms with Gasteiger partial charge in [0.05, 0.1) is 0 Å². The number of hydrogen-bond donors (Lipinski definition) is 0. The van der Waals surface area contributed by atoms with Crippen LogP contribution in [-0.4, -0.2) is 0 Å². The van der Waals surface area contributed by atoms with Crippen LogP contribution in [-0.2, 0) is 0 Å². The van der Waals surface area contributed by atoms with Crippen LogP contribution in [0.1, 0.15) is 52.4 Å². The SMILES string of the molecule is C[CH]C(C)C1CCCCCC1. The Balaban J connectivity index is 2.30. The summed E-state index contributed by atoms with van der Waals surface area (Å²) in [5, 5.41) is 0. The molecule has 1 aliphatic carbocycles. The zero-order valence-corrected chi connectivity index (χ0v) is 7.97. The Bertz CT molecular complexity index is 88.2. The Labute approximate surface area is 71.4 Å². The zero-order valence-electron chi connectivity index (χ0n) is 7.97. The van der Waals surface area contributed by atoms with Crippen LogP contribution in [0.15, 0.2) is 0 Å². The van der Waals surface area contributed by atoms with Gasteiger partial charge in [0.2, 0.25) is 0 Å². The highest BCUT2D eigenvalue weighted by molar-refractivity contribution is 4.77. The molecule has 1 atom stereocenters. The maximum Gasteiger partial charge on any atom is -0.0386 e. The summed E-state index contributed by atoms with van der Waals surface area (Å²) in [6.07, 6.45) is 11.2. The van der Waals surface area contributed by atoms with E-state index in [9.17, 15) is 0 Å². The maximum absolute atomic E-state index is 2.37. The van der Waals surface area contributed by atoms with Crippen LogP contribution in [0.5, 0.6) is 0 Å². The predicted octanol–water partition coefficient (Wildman–Crippen LogP) is 3.82. The standard InChI is InChI=1S/C11H21/c1-3-10(2)11-8-6-4-5-7-9-11/h3,10-11H,4-9H2,1-2H3. The van der Waals surface area contributed by atoms with E-state index in [1.807, 2.05) is 0 Å². The molecule has 0 saturated heterocycles. The average molecular weight is 153 g/mol.